The second-order valence-electron chi connectivity index (χ2n) is 4.18. The van der Waals surface area contributed by atoms with Crippen molar-refractivity contribution in [1.82, 2.24) is 4.98 Å². The number of aromatic nitrogens is 1. The molecule has 0 radical (unpaired) electrons. The van der Waals surface area contributed by atoms with Crippen LogP contribution >= 0.6 is 0 Å². The van der Waals surface area contributed by atoms with E-state index in [1.54, 1.807) is 6.92 Å². The Morgan fingerprint density at radius 2 is 2.14 bits per heavy atom. The van der Waals surface area contributed by atoms with E-state index in [0.29, 0.717) is 5.56 Å². The average Bonchev–Trinajstić information content (AvgIpc) is 2.43. The lowest BCUT2D eigenvalue weighted by Crippen LogP contribution is -2.13. The number of carbonyl (C=O) groups excluding carboxylic acids is 1. The van der Waals surface area contributed by atoms with Crippen LogP contribution in [0.2, 0.25) is 0 Å². The minimum atomic E-state index is -0.917. The summed E-state index contributed by atoms with van der Waals surface area (Å²) in [6.07, 6.45) is 0.943. The zero-order chi connectivity index (χ0) is 15.6. The Hall–Kier alpha value is -3.03. The number of carbonyl (C=O) groups is 1. The third-order valence-corrected chi connectivity index (χ3v) is 2.66. The quantitative estimate of drug-likeness (QED) is 0.686. The SMILES string of the molecule is Cc1cc(Oc2ncc([N+](=O)[O-])cc2C(N)=O)ccc1F. The molecule has 21 heavy (non-hydrogen) atoms. The van der Waals surface area contributed by atoms with E-state index in [1.165, 1.54) is 18.2 Å². The molecular weight excluding hydrogens is 281 g/mol. The average molecular weight is 291 g/mol. The molecule has 0 aliphatic carbocycles. The van der Waals surface area contributed by atoms with E-state index in [0.717, 1.165) is 12.3 Å². The molecule has 7 nitrogen and oxygen atoms in total. The van der Waals surface area contributed by atoms with Gasteiger partial charge in [0, 0.05) is 6.07 Å². The molecule has 2 N–H and O–H groups in total. The first-order chi connectivity index (χ1) is 9.88. The van der Waals surface area contributed by atoms with Gasteiger partial charge in [-0.1, -0.05) is 0 Å². The Morgan fingerprint density at radius 3 is 2.71 bits per heavy atom. The van der Waals surface area contributed by atoms with Gasteiger partial charge in [-0.3, -0.25) is 14.9 Å². The van der Waals surface area contributed by atoms with Gasteiger partial charge in [0.2, 0.25) is 5.88 Å². The fourth-order valence-corrected chi connectivity index (χ4v) is 1.59. The van der Waals surface area contributed by atoms with Crippen LogP contribution in [0.15, 0.2) is 30.5 Å². The first kappa shape index (κ1) is 14.4. The molecule has 1 heterocycles. The van der Waals surface area contributed by atoms with Crippen LogP contribution < -0.4 is 10.5 Å². The van der Waals surface area contributed by atoms with Gasteiger partial charge in [0.05, 0.1) is 4.92 Å². The molecule has 0 atom stereocenters. The number of hydrogen-bond acceptors (Lipinski definition) is 5. The number of nitrogens with two attached hydrogens (primary N) is 1. The highest BCUT2D eigenvalue weighted by Gasteiger charge is 2.18. The summed E-state index contributed by atoms with van der Waals surface area (Å²) >= 11 is 0. The largest absolute Gasteiger partial charge is 0.438 e. The predicted molar refractivity (Wildman–Crippen MR) is 70.6 cm³/mol. The summed E-state index contributed by atoms with van der Waals surface area (Å²) in [5.74, 6) is -1.27. The van der Waals surface area contributed by atoms with Crippen LogP contribution in [0, 0.1) is 22.9 Å². The van der Waals surface area contributed by atoms with Crippen molar-refractivity contribution >= 4 is 11.6 Å². The standard InChI is InChI=1S/C13H10FN3O4/c1-7-4-9(2-3-11(7)14)21-13-10(12(15)18)5-8(6-16-13)17(19)20/h2-6H,1H3,(H2,15,18). The van der Waals surface area contributed by atoms with E-state index < -0.39 is 16.6 Å². The molecule has 8 heteroatoms. The molecule has 1 amide bonds. The number of primary amides is 1. The lowest BCUT2D eigenvalue weighted by atomic mass is 10.2. The normalized spacial score (nSPS) is 10.2. The molecule has 0 aliphatic rings. The maximum Gasteiger partial charge on any atom is 0.288 e. The predicted octanol–water partition coefficient (Wildman–Crippen LogP) is 2.33. The molecule has 0 saturated heterocycles. The Morgan fingerprint density at radius 1 is 1.43 bits per heavy atom. The number of benzene rings is 1. The van der Waals surface area contributed by atoms with Gasteiger partial charge in [0.25, 0.3) is 11.6 Å². The van der Waals surface area contributed by atoms with Crippen LogP contribution in [0.25, 0.3) is 0 Å². The summed E-state index contributed by atoms with van der Waals surface area (Å²) in [6.45, 7) is 1.54. The molecule has 108 valence electrons. The molecule has 2 aromatic rings. The molecule has 1 aromatic heterocycles. The van der Waals surface area contributed by atoms with Crippen LogP contribution in [0.4, 0.5) is 10.1 Å². The molecular formula is C13H10FN3O4. The van der Waals surface area contributed by atoms with Gasteiger partial charge < -0.3 is 10.5 Å². The van der Waals surface area contributed by atoms with Crippen molar-refractivity contribution in [2.75, 3.05) is 0 Å². The number of nitro groups is 1. The van der Waals surface area contributed by atoms with E-state index in [1.807, 2.05) is 0 Å². The molecule has 0 unspecified atom stereocenters. The van der Waals surface area contributed by atoms with Crippen molar-refractivity contribution in [3.63, 3.8) is 0 Å². The fraction of sp³-hybridized carbons (Fsp3) is 0.0769. The zero-order valence-electron chi connectivity index (χ0n) is 10.9. The number of rotatable bonds is 4. The Bertz CT molecular complexity index is 733. The first-order valence-electron chi connectivity index (χ1n) is 5.76. The van der Waals surface area contributed by atoms with Crippen molar-refractivity contribution in [2.24, 2.45) is 5.73 Å². The molecule has 0 aliphatic heterocycles. The van der Waals surface area contributed by atoms with E-state index >= 15 is 0 Å². The fourth-order valence-electron chi connectivity index (χ4n) is 1.59. The highest BCUT2D eigenvalue weighted by Crippen LogP contribution is 2.27. The van der Waals surface area contributed by atoms with Gasteiger partial charge in [-0.05, 0) is 30.7 Å². The maximum absolute atomic E-state index is 13.2. The van der Waals surface area contributed by atoms with Crippen LogP contribution in [0.5, 0.6) is 11.6 Å². The molecule has 0 bridgehead atoms. The van der Waals surface area contributed by atoms with Crippen molar-refractivity contribution in [2.45, 2.75) is 6.92 Å². The number of nitrogens with zero attached hydrogens (tertiary/aromatic N) is 2. The second kappa shape index (κ2) is 5.53. The van der Waals surface area contributed by atoms with E-state index in [4.69, 9.17) is 10.5 Å². The van der Waals surface area contributed by atoms with Gasteiger partial charge in [-0.25, -0.2) is 9.37 Å². The van der Waals surface area contributed by atoms with Gasteiger partial charge in [0.15, 0.2) is 0 Å². The van der Waals surface area contributed by atoms with Crippen molar-refractivity contribution in [3.8, 4) is 11.6 Å². The Balaban J connectivity index is 2.41. The number of aryl methyl sites for hydroxylation is 1. The Labute approximate surface area is 118 Å². The summed E-state index contributed by atoms with van der Waals surface area (Å²) in [5, 5.41) is 10.7. The number of halogens is 1. The van der Waals surface area contributed by atoms with E-state index in [2.05, 4.69) is 4.98 Å². The van der Waals surface area contributed by atoms with Crippen molar-refractivity contribution in [3.05, 3.63) is 57.5 Å². The van der Waals surface area contributed by atoms with Crippen molar-refractivity contribution < 1.29 is 18.8 Å². The molecule has 2 rings (SSSR count). The maximum atomic E-state index is 13.2. The third kappa shape index (κ3) is 3.11. The van der Waals surface area contributed by atoms with Gasteiger partial charge in [0.1, 0.15) is 23.3 Å². The monoisotopic (exact) mass is 291 g/mol. The van der Waals surface area contributed by atoms with Gasteiger partial charge in [-0.2, -0.15) is 0 Å². The minimum Gasteiger partial charge on any atom is -0.438 e. The lowest BCUT2D eigenvalue weighted by Gasteiger charge is -2.08. The Kier molecular flexibility index (Phi) is 3.79. The summed E-state index contributed by atoms with van der Waals surface area (Å²) in [6, 6.07) is 4.92. The summed E-state index contributed by atoms with van der Waals surface area (Å²) in [5.41, 5.74) is 4.88. The number of pyridine rings is 1. The van der Waals surface area contributed by atoms with Crippen LogP contribution in [0.1, 0.15) is 15.9 Å². The van der Waals surface area contributed by atoms with Crippen LogP contribution in [0.3, 0.4) is 0 Å². The van der Waals surface area contributed by atoms with Crippen LogP contribution in [-0.2, 0) is 0 Å². The minimum absolute atomic E-state index is 0.181. The van der Waals surface area contributed by atoms with Gasteiger partial charge in [-0.15, -0.1) is 0 Å². The second-order valence-corrected chi connectivity index (χ2v) is 4.18. The number of ether oxygens (including phenoxy) is 1. The summed E-state index contributed by atoms with van der Waals surface area (Å²) in [7, 11) is 0. The lowest BCUT2D eigenvalue weighted by molar-refractivity contribution is -0.385. The molecule has 1 aromatic carbocycles. The summed E-state index contributed by atoms with van der Waals surface area (Å²) < 4.78 is 18.5. The highest BCUT2D eigenvalue weighted by atomic mass is 19.1. The van der Waals surface area contributed by atoms with Crippen LogP contribution in [-0.4, -0.2) is 15.8 Å². The number of hydrogen-bond donors (Lipinski definition) is 1. The topological polar surface area (TPSA) is 108 Å². The first-order valence-corrected chi connectivity index (χ1v) is 5.76. The molecule has 0 fully saturated rings. The highest BCUT2D eigenvalue weighted by molar-refractivity contribution is 5.95. The smallest absolute Gasteiger partial charge is 0.288 e. The van der Waals surface area contributed by atoms with Crippen molar-refractivity contribution in [1.29, 1.82) is 0 Å². The third-order valence-electron chi connectivity index (χ3n) is 2.66. The molecule has 0 spiro atoms. The van der Waals surface area contributed by atoms with Gasteiger partial charge >= 0.3 is 0 Å². The zero-order valence-corrected chi connectivity index (χ0v) is 10.9. The molecule has 0 saturated carbocycles. The van der Waals surface area contributed by atoms with E-state index in [9.17, 15) is 19.3 Å². The summed E-state index contributed by atoms with van der Waals surface area (Å²) in [4.78, 5) is 25.0. The number of amides is 1. The van der Waals surface area contributed by atoms with E-state index in [-0.39, 0.29) is 22.9 Å².